The van der Waals surface area contributed by atoms with E-state index in [4.69, 9.17) is 0 Å². The molecular formula is C11H23N3S. The Labute approximate surface area is 97.7 Å². The minimum Gasteiger partial charge on any atom is -0.362 e. The zero-order valence-electron chi connectivity index (χ0n) is 10.3. The van der Waals surface area contributed by atoms with Gasteiger partial charge in [-0.05, 0) is 47.3 Å². The third-order valence-electron chi connectivity index (χ3n) is 2.49. The predicted octanol–water partition coefficient (Wildman–Crippen LogP) is 1.80. The molecule has 0 aromatic heterocycles. The zero-order chi connectivity index (χ0) is 11.3. The molecule has 1 heterocycles. The minimum atomic E-state index is 0.495. The number of nitrogens with zero attached hydrogens (tertiary/aromatic N) is 2. The summed E-state index contributed by atoms with van der Waals surface area (Å²) in [4.78, 5) is 6.82. The summed E-state index contributed by atoms with van der Waals surface area (Å²) in [5.41, 5.74) is 0. The molecule has 2 unspecified atom stereocenters. The van der Waals surface area contributed by atoms with Crippen LogP contribution in [0.5, 0.6) is 0 Å². The summed E-state index contributed by atoms with van der Waals surface area (Å²) in [5.74, 6) is 1.20. The van der Waals surface area contributed by atoms with E-state index >= 15 is 0 Å². The molecule has 0 aliphatic carbocycles. The molecular weight excluding hydrogens is 206 g/mol. The maximum Gasteiger partial charge on any atom is 0.157 e. The quantitative estimate of drug-likeness (QED) is 0.796. The maximum absolute atomic E-state index is 4.60. The molecule has 3 nitrogen and oxygen atoms in total. The second-order valence-corrected chi connectivity index (χ2v) is 5.64. The molecule has 0 aromatic carbocycles. The summed E-state index contributed by atoms with van der Waals surface area (Å²) in [7, 11) is 4.23. The Morgan fingerprint density at radius 1 is 1.60 bits per heavy atom. The van der Waals surface area contributed by atoms with Crippen LogP contribution in [0, 0.1) is 0 Å². The number of amidine groups is 1. The molecule has 88 valence electrons. The Bertz CT molecular complexity index is 216. The normalized spacial score (nSPS) is 23.8. The highest BCUT2D eigenvalue weighted by Crippen LogP contribution is 2.16. The monoisotopic (exact) mass is 229 g/mol. The lowest BCUT2D eigenvalue weighted by Crippen LogP contribution is -2.35. The third-order valence-corrected chi connectivity index (χ3v) is 3.43. The fourth-order valence-electron chi connectivity index (χ4n) is 1.44. The summed E-state index contributed by atoms with van der Waals surface area (Å²) in [6, 6.07) is 1.01. The Hall–Kier alpha value is -0.220. The van der Waals surface area contributed by atoms with Crippen molar-refractivity contribution in [1.82, 2.24) is 10.2 Å². The van der Waals surface area contributed by atoms with E-state index in [1.54, 1.807) is 0 Å². The molecule has 0 saturated heterocycles. The Kier molecular flexibility index (Phi) is 5.47. The molecule has 1 N–H and O–H groups in total. The molecule has 15 heavy (non-hydrogen) atoms. The molecule has 0 saturated carbocycles. The Balaban J connectivity index is 2.27. The highest BCUT2D eigenvalue weighted by molar-refractivity contribution is 8.13. The van der Waals surface area contributed by atoms with Crippen LogP contribution in [0.15, 0.2) is 4.99 Å². The van der Waals surface area contributed by atoms with Gasteiger partial charge in [0.2, 0.25) is 0 Å². The van der Waals surface area contributed by atoms with Crippen LogP contribution in [-0.4, -0.2) is 48.5 Å². The van der Waals surface area contributed by atoms with Gasteiger partial charge in [0, 0.05) is 11.8 Å². The van der Waals surface area contributed by atoms with Crippen LogP contribution < -0.4 is 5.32 Å². The van der Waals surface area contributed by atoms with Crippen LogP contribution in [0.1, 0.15) is 26.7 Å². The first-order valence-corrected chi connectivity index (χ1v) is 6.68. The van der Waals surface area contributed by atoms with E-state index in [2.05, 4.69) is 43.2 Å². The number of hydrogen-bond donors (Lipinski definition) is 1. The highest BCUT2D eigenvalue weighted by atomic mass is 32.2. The van der Waals surface area contributed by atoms with Gasteiger partial charge in [0.15, 0.2) is 5.17 Å². The minimum absolute atomic E-state index is 0.495. The fraction of sp³-hybridized carbons (Fsp3) is 0.909. The van der Waals surface area contributed by atoms with Crippen molar-refractivity contribution in [3.05, 3.63) is 0 Å². The number of thioether (sulfide) groups is 1. The van der Waals surface area contributed by atoms with Gasteiger partial charge in [-0.15, -0.1) is 0 Å². The van der Waals surface area contributed by atoms with Crippen molar-refractivity contribution in [3.63, 3.8) is 0 Å². The van der Waals surface area contributed by atoms with E-state index in [9.17, 15) is 0 Å². The predicted molar refractivity (Wildman–Crippen MR) is 69.7 cm³/mol. The molecule has 2 atom stereocenters. The van der Waals surface area contributed by atoms with Crippen molar-refractivity contribution in [1.29, 1.82) is 0 Å². The SMILES string of the molecule is CC1CCSC(NC(C)CCN(C)C)=N1. The Morgan fingerprint density at radius 3 is 2.93 bits per heavy atom. The molecule has 0 radical (unpaired) electrons. The number of aliphatic imine (C=N–C) groups is 1. The smallest absolute Gasteiger partial charge is 0.157 e. The summed E-state index contributed by atoms with van der Waals surface area (Å²) in [5, 5.41) is 4.63. The number of rotatable bonds is 4. The maximum atomic E-state index is 4.60. The van der Waals surface area contributed by atoms with Gasteiger partial charge in [-0.3, -0.25) is 4.99 Å². The lowest BCUT2D eigenvalue weighted by Gasteiger charge is -2.22. The van der Waals surface area contributed by atoms with Crippen molar-refractivity contribution in [2.45, 2.75) is 38.8 Å². The van der Waals surface area contributed by atoms with Crippen molar-refractivity contribution in [2.75, 3.05) is 26.4 Å². The van der Waals surface area contributed by atoms with E-state index in [-0.39, 0.29) is 0 Å². The molecule has 1 rings (SSSR count). The lowest BCUT2D eigenvalue weighted by atomic mass is 10.2. The average molecular weight is 229 g/mol. The van der Waals surface area contributed by atoms with Gasteiger partial charge in [0.1, 0.15) is 0 Å². The average Bonchev–Trinajstić information content (AvgIpc) is 2.15. The van der Waals surface area contributed by atoms with E-state index in [1.807, 2.05) is 11.8 Å². The third kappa shape index (κ3) is 5.42. The van der Waals surface area contributed by atoms with Gasteiger partial charge in [0.05, 0.1) is 6.04 Å². The van der Waals surface area contributed by atoms with Gasteiger partial charge in [-0.25, -0.2) is 0 Å². The Morgan fingerprint density at radius 2 is 2.33 bits per heavy atom. The molecule has 0 aromatic rings. The molecule has 0 bridgehead atoms. The first kappa shape index (κ1) is 12.8. The molecule has 0 fully saturated rings. The second-order valence-electron chi connectivity index (χ2n) is 4.56. The molecule has 0 spiro atoms. The van der Waals surface area contributed by atoms with E-state index < -0.39 is 0 Å². The largest absolute Gasteiger partial charge is 0.362 e. The van der Waals surface area contributed by atoms with Gasteiger partial charge >= 0.3 is 0 Å². The molecule has 1 aliphatic rings. The fourth-order valence-corrected chi connectivity index (χ4v) is 2.63. The van der Waals surface area contributed by atoms with Gasteiger partial charge in [-0.2, -0.15) is 0 Å². The van der Waals surface area contributed by atoms with Crippen LogP contribution in [0.4, 0.5) is 0 Å². The van der Waals surface area contributed by atoms with E-state index in [0.29, 0.717) is 12.1 Å². The topological polar surface area (TPSA) is 27.6 Å². The summed E-state index contributed by atoms with van der Waals surface area (Å²) >= 11 is 1.85. The van der Waals surface area contributed by atoms with Crippen molar-refractivity contribution < 1.29 is 0 Å². The van der Waals surface area contributed by atoms with Crippen LogP contribution in [0.3, 0.4) is 0 Å². The van der Waals surface area contributed by atoms with Crippen molar-refractivity contribution in [2.24, 2.45) is 4.99 Å². The van der Waals surface area contributed by atoms with E-state index in [0.717, 1.165) is 11.7 Å². The van der Waals surface area contributed by atoms with Crippen molar-refractivity contribution in [3.8, 4) is 0 Å². The van der Waals surface area contributed by atoms with Crippen LogP contribution in [0.2, 0.25) is 0 Å². The molecule has 0 amide bonds. The first-order chi connectivity index (χ1) is 7.08. The first-order valence-electron chi connectivity index (χ1n) is 5.70. The zero-order valence-corrected chi connectivity index (χ0v) is 11.1. The molecule has 4 heteroatoms. The number of hydrogen-bond acceptors (Lipinski definition) is 4. The highest BCUT2D eigenvalue weighted by Gasteiger charge is 2.13. The standard InChI is InChI=1S/C11H23N3S/c1-9(5-7-14(3)4)12-11-13-10(2)6-8-15-11/h9-10H,5-8H2,1-4H3,(H,12,13). The van der Waals surface area contributed by atoms with Crippen LogP contribution in [-0.2, 0) is 0 Å². The van der Waals surface area contributed by atoms with Crippen molar-refractivity contribution >= 4 is 16.9 Å². The van der Waals surface area contributed by atoms with Crippen LogP contribution in [0.25, 0.3) is 0 Å². The summed E-state index contributed by atoms with van der Waals surface area (Å²) in [6.07, 6.45) is 2.38. The van der Waals surface area contributed by atoms with E-state index in [1.165, 1.54) is 18.6 Å². The molecule has 1 aliphatic heterocycles. The van der Waals surface area contributed by atoms with Gasteiger partial charge in [-0.1, -0.05) is 11.8 Å². The summed E-state index contributed by atoms with van der Waals surface area (Å²) in [6.45, 7) is 5.54. The summed E-state index contributed by atoms with van der Waals surface area (Å²) < 4.78 is 0. The number of nitrogens with one attached hydrogen (secondary N) is 1. The van der Waals surface area contributed by atoms with Gasteiger partial charge in [0.25, 0.3) is 0 Å². The van der Waals surface area contributed by atoms with Crippen LogP contribution >= 0.6 is 11.8 Å². The lowest BCUT2D eigenvalue weighted by molar-refractivity contribution is 0.379. The second kappa shape index (κ2) is 6.38. The van der Waals surface area contributed by atoms with Gasteiger partial charge < -0.3 is 10.2 Å².